The molecule has 0 aliphatic carbocycles. The van der Waals surface area contributed by atoms with Gasteiger partial charge in [0.25, 0.3) is 11.8 Å². The number of nitrogens with one attached hydrogen (secondary N) is 2. The monoisotopic (exact) mass is 517 g/mol. The molecule has 0 radical (unpaired) electrons. The summed E-state index contributed by atoms with van der Waals surface area (Å²) in [7, 11) is 0. The van der Waals surface area contributed by atoms with Crippen LogP contribution in [0.5, 0.6) is 0 Å². The van der Waals surface area contributed by atoms with Gasteiger partial charge in [-0.15, -0.1) is 0 Å². The second-order valence-electron chi connectivity index (χ2n) is 6.75. The first kappa shape index (κ1) is 24.1. The SMILES string of the molecule is O=C(COC(=O)[C@H]1CC(=O)N(NC(=O)c2ccc(Cl)cc2Cl)C1)Nc1ccc(Cl)cc1Cl. The van der Waals surface area contributed by atoms with Gasteiger partial charge in [0.05, 0.1) is 33.8 Å². The van der Waals surface area contributed by atoms with Crippen LogP contribution < -0.4 is 10.7 Å². The van der Waals surface area contributed by atoms with E-state index >= 15 is 0 Å². The average molecular weight is 519 g/mol. The van der Waals surface area contributed by atoms with E-state index in [-0.39, 0.29) is 28.6 Å². The standard InChI is InChI=1S/C20H15Cl4N3O5/c21-11-1-3-13(14(23)6-11)19(30)26-27-8-10(5-18(27)29)20(31)32-9-17(28)25-16-4-2-12(22)7-15(16)24/h1-4,6-7,10H,5,8-9H2,(H,25,28)(H,26,30)/t10-/m0/s1. The lowest BCUT2D eigenvalue weighted by Gasteiger charge is -2.18. The number of ether oxygens (including phenoxy) is 1. The van der Waals surface area contributed by atoms with Crippen LogP contribution in [-0.4, -0.2) is 41.9 Å². The van der Waals surface area contributed by atoms with Crippen LogP contribution in [0.2, 0.25) is 20.1 Å². The summed E-state index contributed by atoms with van der Waals surface area (Å²) in [5, 5.41) is 4.60. The summed E-state index contributed by atoms with van der Waals surface area (Å²) in [5.74, 6) is -3.34. The summed E-state index contributed by atoms with van der Waals surface area (Å²) in [6, 6.07) is 8.79. The van der Waals surface area contributed by atoms with Gasteiger partial charge in [0, 0.05) is 16.5 Å². The van der Waals surface area contributed by atoms with Crippen molar-refractivity contribution in [2.45, 2.75) is 6.42 Å². The largest absolute Gasteiger partial charge is 0.455 e. The molecule has 1 saturated heterocycles. The van der Waals surface area contributed by atoms with Crippen molar-refractivity contribution in [1.82, 2.24) is 10.4 Å². The van der Waals surface area contributed by atoms with Crippen LogP contribution in [-0.2, 0) is 19.1 Å². The van der Waals surface area contributed by atoms with Gasteiger partial charge in [0.1, 0.15) is 0 Å². The van der Waals surface area contributed by atoms with Gasteiger partial charge in [-0.3, -0.25) is 29.6 Å². The molecule has 32 heavy (non-hydrogen) atoms. The van der Waals surface area contributed by atoms with Gasteiger partial charge in [0.15, 0.2) is 6.61 Å². The van der Waals surface area contributed by atoms with E-state index in [1.807, 2.05) is 0 Å². The predicted octanol–water partition coefficient (Wildman–Crippen LogP) is 3.98. The summed E-state index contributed by atoms with van der Waals surface area (Å²) in [5.41, 5.74) is 2.83. The fourth-order valence-corrected chi connectivity index (χ4v) is 3.81. The quantitative estimate of drug-likeness (QED) is 0.563. The fourth-order valence-electron chi connectivity index (χ4n) is 2.86. The normalized spacial score (nSPS) is 15.4. The van der Waals surface area contributed by atoms with E-state index in [1.54, 1.807) is 6.07 Å². The molecule has 2 aromatic carbocycles. The molecule has 1 atom stereocenters. The van der Waals surface area contributed by atoms with Crippen LogP contribution in [0.3, 0.4) is 0 Å². The third-order valence-electron chi connectivity index (χ3n) is 4.42. The van der Waals surface area contributed by atoms with Crippen molar-refractivity contribution in [2.24, 2.45) is 5.92 Å². The van der Waals surface area contributed by atoms with Crippen LogP contribution in [0.1, 0.15) is 16.8 Å². The Bertz CT molecular complexity index is 1090. The molecule has 0 unspecified atom stereocenters. The number of hydrogen-bond acceptors (Lipinski definition) is 5. The highest BCUT2D eigenvalue weighted by Gasteiger charge is 2.37. The van der Waals surface area contributed by atoms with Gasteiger partial charge in [-0.1, -0.05) is 46.4 Å². The van der Waals surface area contributed by atoms with Crippen LogP contribution in [0.4, 0.5) is 5.69 Å². The molecule has 0 aromatic heterocycles. The van der Waals surface area contributed by atoms with E-state index in [1.165, 1.54) is 30.3 Å². The molecule has 12 heteroatoms. The number of hydrogen-bond donors (Lipinski definition) is 2. The van der Waals surface area contributed by atoms with E-state index in [2.05, 4.69) is 10.7 Å². The Morgan fingerprint density at radius 2 is 1.66 bits per heavy atom. The van der Waals surface area contributed by atoms with E-state index < -0.39 is 36.2 Å². The van der Waals surface area contributed by atoms with E-state index in [0.717, 1.165) is 5.01 Å². The van der Waals surface area contributed by atoms with Crippen molar-refractivity contribution in [1.29, 1.82) is 0 Å². The third-order valence-corrected chi connectivity index (χ3v) is 5.52. The average Bonchev–Trinajstić information content (AvgIpc) is 3.08. The van der Waals surface area contributed by atoms with Crippen molar-refractivity contribution in [2.75, 3.05) is 18.5 Å². The number of esters is 1. The maximum absolute atomic E-state index is 12.4. The summed E-state index contributed by atoms with van der Waals surface area (Å²) in [6.07, 6.45) is -0.182. The first-order chi connectivity index (χ1) is 15.1. The summed E-state index contributed by atoms with van der Waals surface area (Å²) >= 11 is 23.6. The molecule has 1 heterocycles. The van der Waals surface area contributed by atoms with E-state index in [0.29, 0.717) is 15.7 Å². The lowest BCUT2D eigenvalue weighted by Crippen LogP contribution is -2.43. The molecule has 2 aromatic rings. The van der Waals surface area contributed by atoms with Crippen LogP contribution >= 0.6 is 46.4 Å². The van der Waals surface area contributed by atoms with Crippen molar-refractivity contribution in [3.05, 3.63) is 62.1 Å². The maximum atomic E-state index is 12.4. The highest BCUT2D eigenvalue weighted by atomic mass is 35.5. The number of rotatable bonds is 6. The summed E-state index contributed by atoms with van der Waals surface area (Å²) < 4.78 is 4.99. The Labute approximate surface area is 202 Å². The van der Waals surface area contributed by atoms with Crippen molar-refractivity contribution < 1.29 is 23.9 Å². The van der Waals surface area contributed by atoms with Gasteiger partial charge in [0.2, 0.25) is 5.91 Å². The van der Waals surface area contributed by atoms with Crippen LogP contribution in [0.25, 0.3) is 0 Å². The van der Waals surface area contributed by atoms with E-state index in [9.17, 15) is 19.2 Å². The van der Waals surface area contributed by atoms with Crippen molar-refractivity contribution in [3.8, 4) is 0 Å². The molecule has 3 amide bonds. The number of halogens is 4. The lowest BCUT2D eigenvalue weighted by atomic mass is 10.1. The summed E-state index contributed by atoms with van der Waals surface area (Å²) in [6.45, 7) is -0.686. The molecule has 1 aliphatic rings. The van der Waals surface area contributed by atoms with E-state index in [4.69, 9.17) is 51.1 Å². The van der Waals surface area contributed by atoms with Crippen LogP contribution in [0, 0.1) is 5.92 Å². The summed E-state index contributed by atoms with van der Waals surface area (Å²) in [4.78, 5) is 48.9. The number of carbonyl (C=O) groups excluding carboxylic acids is 4. The Balaban J connectivity index is 1.51. The highest BCUT2D eigenvalue weighted by molar-refractivity contribution is 6.37. The Kier molecular flexibility index (Phi) is 7.84. The Morgan fingerprint density at radius 3 is 2.31 bits per heavy atom. The molecule has 8 nitrogen and oxygen atoms in total. The minimum Gasteiger partial charge on any atom is -0.455 e. The van der Waals surface area contributed by atoms with Gasteiger partial charge in [-0.05, 0) is 36.4 Å². The second kappa shape index (κ2) is 10.4. The molecule has 0 bridgehead atoms. The van der Waals surface area contributed by atoms with Gasteiger partial charge in [-0.2, -0.15) is 0 Å². The number of amides is 3. The Hall–Kier alpha value is -2.52. The molecular formula is C20H15Cl4N3O5. The molecule has 0 saturated carbocycles. The first-order valence-electron chi connectivity index (χ1n) is 9.12. The number of nitrogens with zero attached hydrogens (tertiary/aromatic N) is 1. The molecule has 1 fully saturated rings. The number of hydrazine groups is 1. The fraction of sp³-hybridized carbons (Fsp3) is 0.200. The number of benzene rings is 2. The van der Waals surface area contributed by atoms with Crippen molar-refractivity contribution in [3.63, 3.8) is 0 Å². The third kappa shape index (κ3) is 6.04. The molecule has 0 spiro atoms. The topological polar surface area (TPSA) is 105 Å². The second-order valence-corrected chi connectivity index (χ2v) is 8.44. The zero-order chi connectivity index (χ0) is 23.4. The Morgan fingerprint density at radius 1 is 1.00 bits per heavy atom. The molecule has 2 N–H and O–H groups in total. The zero-order valence-corrected chi connectivity index (χ0v) is 19.2. The molecule has 3 rings (SSSR count). The zero-order valence-electron chi connectivity index (χ0n) is 16.2. The van der Waals surface area contributed by atoms with Gasteiger partial charge >= 0.3 is 5.97 Å². The highest BCUT2D eigenvalue weighted by Crippen LogP contribution is 2.25. The molecule has 1 aliphatic heterocycles. The van der Waals surface area contributed by atoms with Gasteiger partial charge in [-0.25, -0.2) is 0 Å². The predicted molar refractivity (Wildman–Crippen MR) is 120 cm³/mol. The first-order valence-corrected chi connectivity index (χ1v) is 10.6. The molecule has 168 valence electrons. The minimum absolute atomic E-state index is 0.112. The maximum Gasteiger partial charge on any atom is 0.311 e. The lowest BCUT2D eigenvalue weighted by molar-refractivity contribution is -0.151. The minimum atomic E-state index is -0.851. The van der Waals surface area contributed by atoms with Crippen LogP contribution in [0.15, 0.2) is 36.4 Å². The number of anilines is 1. The molecular weight excluding hydrogens is 504 g/mol. The van der Waals surface area contributed by atoms with Crippen molar-refractivity contribution >= 4 is 75.8 Å². The number of carbonyl (C=O) groups is 4. The smallest absolute Gasteiger partial charge is 0.311 e. The van der Waals surface area contributed by atoms with Gasteiger partial charge < -0.3 is 10.1 Å².